The predicted octanol–water partition coefficient (Wildman–Crippen LogP) is 3.54. The molecule has 0 spiro atoms. The molecule has 0 bridgehead atoms. The summed E-state index contributed by atoms with van der Waals surface area (Å²) in [5.74, 6) is -0.786. The van der Waals surface area contributed by atoms with Gasteiger partial charge in [-0.15, -0.1) is 0 Å². The van der Waals surface area contributed by atoms with Crippen LogP contribution in [0.1, 0.15) is 29.0 Å². The third kappa shape index (κ3) is 3.71. The Balaban J connectivity index is 1.60. The molecule has 0 aliphatic rings. The van der Waals surface area contributed by atoms with Crippen molar-refractivity contribution in [3.63, 3.8) is 0 Å². The Morgan fingerprint density at radius 1 is 1.08 bits per heavy atom. The summed E-state index contributed by atoms with van der Waals surface area (Å²) in [6.07, 6.45) is 0. The number of aromatic amines is 1. The lowest BCUT2D eigenvalue weighted by Gasteiger charge is -2.25. The molecule has 1 heterocycles. The smallest absolute Gasteiger partial charge is 0.355 e. The van der Waals surface area contributed by atoms with Crippen molar-refractivity contribution in [2.24, 2.45) is 0 Å². The van der Waals surface area contributed by atoms with Gasteiger partial charge in [-0.2, -0.15) is 0 Å². The van der Waals surface area contributed by atoms with E-state index in [4.69, 9.17) is 4.74 Å². The zero-order valence-corrected chi connectivity index (χ0v) is 14.2. The van der Waals surface area contributed by atoms with Crippen LogP contribution in [0.3, 0.4) is 0 Å². The SMILES string of the molecule is CC(c1ccccc1)N(C)C(=O)COC(=O)c1cc2ccccc2[nH]1. The summed E-state index contributed by atoms with van der Waals surface area (Å²) in [5.41, 5.74) is 2.23. The van der Waals surface area contributed by atoms with E-state index < -0.39 is 5.97 Å². The number of H-pyrrole nitrogens is 1. The van der Waals surface area contributed by atoms with Crippen LogP contribution in [0.15, 0.2) is 60.7 Å². The van der Waals surface area contributed by atoms with Crippen molar-refractivity contribution in [2.75, 3.05) is 13.7 Å². The maximum atomic E-state index is 12.3. The minimum Gasteiger partial charge on any atom is -0.451 e. The second-order valence-electron chi connectivity index (χ2n) is 5.94. The first kappa shape index (κ1) is 16.8. The van der Waals surface area contributed by atoms with Crippen LogP contribution in [0.4, 0.5) is 0 Å². The van der Waals surface area contributed by atoms with Gasteiger partial charge in [0.25, 0.3) is 5.91 Å². The number of amides is 1. The summed E-state index contributed by atoms with van der Waals surface area (Å²) in [4.78, 5) is 29.0. The Labute approximate surface area is 146 Å². The van der Waals surface area contributed by atoms with Crippen molar-refractivity contribution in [2.45, 2.75) is 13.0 Å². The molecule has 1 unspecified atom stereocenters. The minimum absolute atomic E-state index is 0.0968. The van der Waals surface area contributed by atoms with Crippen LogP contribution in [0.5, 0.6) is 0 Å². The quantitative estimate of drug-likeness (QED) is 0.725. The molecule has 0 radical (unpaired) electrons. The van der Waals surface area contributed by atoms with Crippen molar-refractivity contribution < 1.29 is 14.3 Å². The highest BCUT2D eigenvalue weighted by Crippen LogP contribution is 2.19. The Hall–Kier alpha value is -3.08. The van der Waals surface area contributed by atoms with Crippen molar-refractivity contribution in [3.8, 4) is 0 Å². The first-order chi connectivity index (χ1) is 12.1. The van der Waals surface area contributed by atoms with E-state index in [1.165, 1.54) is 0 Å². The van der Waals surface area contributed by atoms with Crippen molar-refractivity contribution in [3.05, 3.63) is 71.9 Å². The molecule has 3 aromatic rings. The molecule has 0 aliphatic carbocycles. The molecule has 1 N–H and O–H groups in total. The van der Waals surface area contributed by atoms with Gasteiger partial charge in [0, 0.05) is 18.0 Å². The van der Waals surface area contributed by atoms with E-state index in [0.717, 1.165) is 16.5 Å². The van der Waals surface area contributed by atoms with E-state index in [2.05, 4.69) is 4.98 Å². The zero-order chi connectivity index (χ0) is 17.8. The van der Waals surface area contributed by atoms with Gasteiger partial charge in [0.1, 0.15) is 5.69 Å². The lowest BCUT2D eigenvalue weighted by molar-refractivity contribution is -0.135. The zero-order valence-electron chi connectivity index (χ0n) is 14.2. The number of nitrogens with one attached hydrogen (secondary N) is 1. The van der Waals surface area contributed by atoms with Gasteiger partial charge in [0.15, 0.2) is 6.61 Å². The molecule has 0 saturated carbocycles. The maximum Gasteiger partial charge on any atom is 0.355 e. The average molecular weight is 336 g/mol. The van der Waals surface area contributed by atoms with Gasteiger partial charge in [-0.25, -0.2) is 4.79 Å². The first-order valence-electron chi connectivity index (χ1n) is 8.12. The molecular formula is C20H20N2O3. The van der Waals surface area contributed by atoms with E-state index in [9.17, 15) is 9.59 Å². The topological polar surface area (TPSA) is 62.4 Å². The molecule has 0 aliphatic heterocycles. The van der Waals surface area contributed by atoms with E-state index in [0.29, 0.717) is 5.69 Å². The molecular weight excluding hydrogens is 316 g/mol. The van der Waals surface area contributed by atoms with Gasteiger partial charge in [0.05, 0.1) is 6.04 Å². The highest BCUT2D eigenvalue weighted by molar-refractivity contribution is 5.95. The van der Waals surface area contributed by atoms with Gasteiger partial charge in [-0.05, 0) is 24.6 Å². The summed E-state index contributed by atoms with van der Waals surface area (Å²) in [6.45, 7) is 1.65. The molecule has 1 amide bonds. The number of benzene rings is 2. The van der Waals surface area contributed by atoms with Gasteiger partial charge in [-0.1, -0.05) is 48.5 Å². The van der Waals surface area contributed by atoms with Crippen molar-refractivity contribution in [1.82, 2.24) is 9.88 Å². The van der Waals surface area contributed by atoms with Crippen molar-refractivity contribution >= 4 is 22.8 Å². The molecule has 25 heavy (non-hydrogen) atoms. The molecule has 2 aromatic carbocycles. The van der Waals surface area contributed by atoms with Gasteiger partial charge < -0.3 is 14.6 Å². The van der Waals surface area contributed by atoms with Crippen molar-refractivity contribution in [1.29, 1.82) is 0 Å². The van der Waals surface area contributed by atoms with E-state index in [1.54, 1.807) is 18.0 Å². The highest BCUT2D eigenvalue weighted by Gasteiger charge is 2.19. The lowest BCUT2D eigenvalue weighted by Crippen LogP contribution is -2.33. The number of rotatable bonds is 5. The van der Waals surface area contributed by atoms with Crippen LogP contribution < -0.4 is 0 Å². The number of likely N-dealkylation sites (N-methyl/N-ethyl adjacent to an activating group) is 1. The number of para-hydroxylation sites is 1. The number of hydrogen-bond donors (Lipinski definition) is 1. The Bertz CT molecular complexity index is 853. The van der Waals surface area contributed by atoms with Crippen LogP contribution in [0.25, 0.3) is 10.9 Å². The summed E-state index contributed by atoms with van der Waals surface area (Å²) in [7, 11) is 1.71. The normalized spacial score (nSPS) is 11.9. The summed E-state index contributed by atoms with van der Waals surface area (Å²) in [6, 6.07) is 18.9. The van der Waals surface area contributed by atoms with Crippen LogP contribution in [-0.2, 0) is 9.53 Å². The Kier molecular flexibility index (Phi) is 4.84. The van der Waals surface area contributed by atoms with Gasteiger partial charge in [0.2, 0.25) is 0 Å². The van der Waals surface area contributed by atoms with Crippen LogP contribution in [-0.4, -0.2) is 35.4 Å². The average Bonchev–Trinajstić information content (AvgIpc) is 3.09. The van der Waals surface area contributed by atoms with Crippen LogP contribution >= 0.6 is 0 Å². The second kappa shape index (κ2) is 7.21. The van der Waals surface area contributed by atoms with E-state index in [1.807, 2.05) is 61.5 Å². The van der Waals surface area contributed by atoms with E-state index in [-0.39, 0.29) is 18.6 Å². The molecule has 1 atom stereocenters. The van der Waals surface area contributed by atoms with Gasteiger partial charge >= 0.3 is 5.97 Å². The monoisotopic (exact) mass is 336 g/mol. The molecule has 5 nitrogen and oxygen atoms in total. The first-order valence-corrected chi connectivity index (χ1v) is 8.12. The third-order valence-electron chi connectivity index (χ3n) is 4.33. The fourth-order valence-electron chi connectivity index (χ4n) is 2.66. The number of hydrogen-bond acceptors (Lipinski definition) is 3. The fraction of sp³-hybridized carbons (Fsp3) is 0.200. The maximum absolute atomic E-state index is 12.3. The van der Waals surface area contributed by atoms with Crippen LogP contribution in [0, 0.1) is 0 Å². The number of esters is 1. The lowest BCUT2D eigenvalue weighted by atomic mass is 10.1. The van der Waals surface area contributed by atoms with Crippen LogP contribution in [0.2, 0.25) is 0 Å². The largest absolute Gasteiger partial charge is 0.451 e. The third-order valence-corrected chi connectivity index (χ3v) is 4.33. The molecule has 1 aromatic heterocycles. The molecule has 0 fully saturated rings. The predicted molar refractivity (Wildman–Crippen MR) is 96.2 cm³/mol. The van der Waals surface area contributed by atoms with Gasteiger partial charge in [-0.3, -0.25) is 4.79 Å². The number of aromatic nitrogens is 1. The standard InChI is InChI=1S/C20H20N2O3/c1-14(15-8-4-3-5-9-15)22(2)19(23)13-25-20(24)18-12-16-10-6-7-11-17(16)21-18/h3-12,14,21H,13H2,1-2H3. The summed E-state index contributed by atoms with van der Waals surface area (Å²) in [5, 5.41) is 0.926. The molecule has 0 saturated heterocycles. The Morgan fingerprint density at radius 2 is 1.76 bits per heavy atom. The number of nitrogens with zero attached hydrogens (tertiary/aromatic N) is 1. The fourth-order valence-corrected chi connectivity index (χ4v) is 2.66. The number of carbonyl (C=O) groups excluding carboxylic acids is 2. The minimum atomic E-state index is -0.537. The molecule has 3 rings (SSSR count). The Morgan fingerprint density at radius 3 is 2.48 bits per heavy atom. The number of fused-ring (bicyclic) bond motifs is 1. The highest BCUT2D eigenvalue weighted by atomic mass is 16.5. The van der Waals surface area contributed by atoms with E-state index >= 15 is 0 Å². The summed E-state index contributed by atoms with van der Waals surface area (Å²) < 4.78 is 5.17. The second-order valence-corrected chi connectivity index (χ2v) is 5.94. The molecule has 128 valence electrons. The number of carbonyl (C=O) groups is 2. The number of ether oxygens (including phenoxy) is 1. The molecule has 5 heteroatoms. The summed E-state index contributed by atoms with van der Waals surface area (Å²) >= 11 is 0.